The summed E-state index contributed by atoms with van der Waals surface area (Å²) in [5.74, 6) is -3.09. The number of rotatable bonds is 6. The summed E-state index contributed by atoms with van der Waals surface area (Å²) < 4.78 is 13.2. The average Bonchev–Trinajstić information content (AvgIpc) is 2.39. The van der Waals surface area contributed by atoms with E-state index in [-0.39, 0.29) is 22.4 Å². The molecule has 22 heavy (non-hydrogen) atoms. The number of carboxylic acids is 1. The highest BCUT2D eigenvalue weighted by atomic mass is 79.9. The van der Waals surface area contributed by atoms with Crippen molar-refractivity contribution in [3.8, 4) is 0 Å². The highest BCUT2D eigenvalue weighted by Crippen LogP contribution is 2.29. The van der Waals surface area contributed by atoms with Gasteiger partial charge in [-0.1, -0.05) is 13.8 Å². The van der Waals surface area contributed by atoms with E-state index in [9.17, 15) is 24.1 Å². The number of hydrogen-bond acceptors (Lipinski definition) is 4. The minimum absolute atomic E-state index is 0.00619. The number of aliphatic carboxylic acids is 1. The summed E-state index contributed by atoms with van der Waals surface area (Å²) in [7, 11) is 0. The lowest BCUT2D eigenvalue weighted by molar-refractivity contribution is -0.385. The fourth-order valence-electron chi connectivity index (χ4n) is 1.80. The summed E-state index contributed by atoms with van der Waals surface area (Å²) in [6.45, 7) is 3.57. The number of carbonyl (C=O) groups is 2. The minimum Gasteiger partial charge on any atom is -0.480 e. The van der Waals surface area contributed by atoms with E-state index >= 15 is 0 Å². The van der Waals surface area contributed by atoms with Gasteiger partial charge in [-0.05, 0) is 34.3 Å². The molecule has 1 amide bonds. The van der Waals surface area contributed by atoms with Gasteiger partial charge in [-0.3, -0.25) is 14.9 Å². The molecule has 0 radical (unpaired) electrons. The SMILES string of the molecule is CC(C)CC(NC(=O)c1cc(F)cc([N+](=O)[O-])c1Br)C(=O)O. The molecule has 0 bridgehead atoms. The van der Waals surface area contributed by atoms with Crippen molar-refractivity contribution in [2.24, 2.45) is 5.92 Å². The number of benzene rings is 1. The van der Waals surface area contributed by atoms with Crippen LogP contribution in [0.1, 0.15) is 30.6 Å². The lowest BCUT2D eigenvalue weighted by Gasteiger charge is -2.17. The molecule has 1 rings (SSSR count). The molecule has 1 aromatic carbocycles. The summed E-state index contributed by atoms with van der Waals surface area (Å²) in [4.78, 5) is 33.2. The summed E-state index contributed by atoms with van der Waals surface area (Å²) in [5, 5.41) is 22.1. The van der Waals surface area contributed by atoms with E-state index in [0.29, 0.717) is 6.07 Å². The van der Waals surface area contributed by atoms with Gasteiger partial charge in [0.2, 0.25) is 0 Å². The summed E-state index contributed by atoms with van der Waals surface area (Å²) >= 11 is 2.88. The maximum atomic E-state index is 13.4. The summed E-state index contributed by atoms with van der Waals surface area (Å²) in [5.41, 5.74) is -0.942. The van der Waals surface area contributed by atoms with Gasteiger partial charge in [-0.15, -0.1) is 0 Å². The van der Waals surface area contributed by atoms with Crippen LogP contribution in [0.2, 0.25) is 0 Å². The monoisotopic (exact) mass is 376 g/mol. The molecular formula is C13H14BrFN2O5. The molecule has 0 heterocycles. The molecular weight excluding hydrogens is 363 g/mol. The van der Waals surface area contributed by atoms with E-state index in [2.05, 4.69) is 21.2 Å². The van der Waals surface area contributed by atoms with E-state index < -0.39 is 34.3 Å². The molecule has 1 unspecified atom stereocenters. The van der Waals surface area contributed by atoms with Gasteiger partial charge in [0.1, 0.15) is 16.3 Å². The van der Waals surface area contributed by atoms with Gasteiger partial charge < -0.3 is 10.4 Å². The first-order valence-electron chi connectivity index (χ1n) is 6.30. The van der Waals surface area contributed by atoms with E-state index in [1.807, 2.05) is 0 Å². The van der Waals surface area contributed by atoms with Gasteiger partial charge in [0.05, 0.1) is 16.6 Å². The van der Waals surface area contributed by atoms with Crippen LogP contribution < -0.4 is 5.32 Å². The third kappa shape index (κ3) is 4.48. The van der Waals surface area contributed by atoms with Crippen LogP contribution in [0.25, 0.3) is 0 Å². The number of halogens is 2. The van der Waals surface area contributed by atoms with Crippen molar-refractivity contribution in [1.29, 1.82) is 0 Å². The number of amides is 1. The number of nitro groups is 1. The Bertz CT molecular complexity index is 621. The molecule has 0 aromatic heterocycles. The van der Waals surface area contributed by atoms with Crippen LogP contribution in [0.5, 0.6) is 0 Å². The third-order valence-electron chi connectivity index (χ3n) is 2.77. The zero-order valence-corrected chi connectivity index (χ0v) is 13.4. The van der Waals surface area contributed by atoms with Crippen molar-refractivity contribution in [2.45, 2.75) is 26.3 Å². The van der Waals surface area contributed by atoms with Crippen LogP contribution in [-0.2, 0) is 4.79 Å². The average molecular weight is 377 g/mol. The smallest absolute Gasteiger partial charge is 0.326 e. The Balaban J connectivity index is 3.12. The molecule has 9 heteroatoms. The fourth-order valence-corrected chi connectivity index (χ4v) is 2.36. The Labute approximate surface area is 133 Å². The third-order valence-corrected chi connectivity index (χ3v) is 3.60. The molecule has 120 valence electrons. The second-order valence-electron chi connectivity index (χ2n) is 5.04. The highest BCUT2D eigenvalue weighted by molar-refractivity contribution is 9.10. The molecule has 0 spiro atoms. The van der Waals surface area contributed by atoms with Gasteiger partial charge in [0.15, 0.2) is 0 Å². The number of carbonyl (C=O) groups excluding carboxylic acids is 1. The zero-order valence-electron chi connectivity index (χ0n) is 11.8. The standard InChI is InChI=1S/C13H14BrFN2O5/c1-6(2)3-9(13(19)20)16-12(18)8-4-7(15)5-10(11(8)14)17(21)22/h4-6,9H,3H2,1-2H3,(H,16,18)(H,19,20). The molecule has 7 nitrogen and oxygen atoms in total. The van der Waals surface area contributed by atoms with Gasteiger partial charge in [0, 0.05) is 0 Å². The second-order valence-corrected chi connectivity index (χ2v) is 5.83. The Morgan fingerprint density at radius 3 is 2.50 bits per heavy atom. The van der Waals surface area contributed by atoms with E-state index in [4.69, 9.17) is 5.11 Å². The largest absolute Gasteiger partial charge is 0.480 e. The Morgan fingerprint density at radius 1 is 1.45 bits per heavy atom. The molecule has 1 aromatic rings. The predicted molar refractivity (Wildman–Crippen MR) is 79.1 cm³/mol. The number of nitrogens with one attached hydrogen (secondary N) is 1. The topological polar surface area (TPSA) is 110 Å². The minimum atomic E-state index is -1.23. The highest BCUT2D eigenvalue weighted by Gasteiger charge is 2.26. The fraction of sp³-hybridized carbons (Fsp3) is 0.385. The molecule has 1 atom stereocenters. The zero-order chi connectivity index (χ0) is 17.0. The number of nitro benzene ring substituents is 1. The second kappa shape index (κ2) is 7.30. The number of carboxylic acid groups (broad SMARTS) is 1. The van der Waals surface area contributed by atoms with Crippen LogP contribution >= 0.6 is 15.9 Å². The van der Waals surface area contributed by atoms with Crippen LogP contribution in [0.4, 0.5) is 10.1 Å². The molecule has 0 saturated heterocycles. The molecule has 2 N–H and O–H groups in total. The van der Waals surface area contributed by atoms with E-state index in [1.165, 1.54) is 0 Å². The van der Waals surface area contributed by atoms with Gasteiger partial charge in [-0.25, -0.2) is 9.18 Å². The van der Waals surface area contributed by atoms with Crippen molar-refractivity contribution >= 4 is 33.5 Å². The first-order chi connectivity index (χ1) is 10.1. The molecule has 0 aliphatic heterocycles. The summed E-state index contributed by atoms with van der Waals surface area (Å²) in [6.07, 6.45) is 0.177. The Hall–Kier alpha value is -2.03. The first kappa shape index (κ1) is 18.0. The lowest BCUT2D eigenvalue weighted by Crippen LogP contribution is -2.41. The van der Waals surface area contributed by atoms with Crippen LogP contribution in [0.3, 0.4) is 0 Å². The first-order valence-corrected chi connectivity index (χ1v) is 7.09. The van der Waals surface area contributed by atoms with Gasteiger partial charge >= 0.3 is 5.97 Å². The van der Waals surface area contributed by atoms with Gasteiger partial charge in [-0.2, -0.15) is 0 Å². The molecule has 0 aliphatic rings. The van der Waals surface area contributed by atoms with Crippen LogP contribution in [0, 0.1) is 21.8 Å². The predicted octanol–water partition coefficient (Wildman–Crippen LogP) is 2.73. The number of nitrogens with zero attached hydrogens (tertiary/aromatic N) is 1. The Kier molecular flexibility index (Phi) is 5.98. The van der Waals surface area contributed by atoms with Crippen molar-refractivity contribution < 1.29 is 24.0 Å². The van der Waals surface area contributed by atoms with E-state index in [1.54, 1.807) is 13.8 Å². The van der Waals surface area contributed by atoms with Crippen molar-refractivity contribution in [2.75, 3.05) is 0 Å². The van der Waals surface area contributed by atoms with Crippen LogP contribution in [-0.4, -0.2) is 27.9 Å². The molecule has 0 fully saturated rings. The maximum absolute atomic E-state index is 13.4. The molecule has 0 aliphatic carbocycles. The quantitative estimate of drug-likeness (QED) is 0.585. The number of hydrogen-bond donors (Lipinski definition) is 2. The summed E-state index contributed by atoms with van der Waals surface area (Å²) in [6, 6.07) is 0.311. The Morgan fingerprint density at radius 2 is 2.05 bits per heavy atom. The van der Waals surface area contributed by atoms with Crippen molar-refractivity contribution in [3.63, 3.8) is 0 Å². The maximum Gasteiger partial charge on any atom is 0.326 e. The molecule has 0 saturated carbocycles. The normalized spacial score (nSPS) is 12.0. The van der Waals surface area contributed by atoms with Crippen molar-refractivity contribution in [3.05, 3.63) is 38.1 Å². The van der Waals surface area contributed by atoms with Gasteiger partial charge in [0.25, 0.3) is 11.6 Å². The van der Waals surface area contributed by atoms with E-state index in [0.717, 1.165) is 6.07 Å². The van der Waals surface area contributed by atoms with Crippen LogP contribution in [0.15, 0.2) is 16.6 Å². The lowest BCUT2D eigenvalue weighted by atomic mass is 10.0. The van der Waals surface area contributed by atoms with Crippen molar-refractivity contribution in [1.82, 2.24) is 5.32 Å².